The molecule has 636 valence electrons. The van der Waals surface area contributed by atoms with Crippen LogP contribution >= 0.6 is 0 Å². The van der Waals surface area contributed by atoms with E-state index < -0.39 is 266 Å². The normalized spacial score (nSPS) is 20.6. The Morgan fingerprint density at radius 2 is 0.779 bits per heavy atom. The Kier molecular flexibility index (Phi) is 37.8. The summed E-state index contributed by atoms with van der Waals surface area (Å²) in [6.45, 7) is 18.2. The van der Waals surface area contributed by atoms with Gasteiger partial charge in [0.25, 0.3) is 0 Å². The molecule has 0 spiro atoms. The van der Waals surface area contributed by atoms with Gasteiger partial charge < -0.3 is 116 Å². The molecule has 0 saturated carbocycles. The SMILES string of the molecule is CC[C@H](C)[C@H](NC(=O)[C@H](CC(N)=O)NC(=O)[C@H](CCC(N)=O)NC(=O)[C@@H]1CCCN1C(=O)[C@H](CC(C)C)NC(=O)[C@@H](N)CO)C(=O)N1CCC[C@H]1C(=O)N1CCC[C@H]1C(=O)N[C@@H](CC(C)C)C(=O)N[C@H](C(=O)N[C@@H](CCC(=O)O)C(=O)N[C@H](C(=O)N1CCC[C@H]1C(=O)N[C@H](C(=O)N[C@H](C(=O)O)C(C)C)C(C)C)[C@@H](C)O)[C@@H](C)O. The minimum absolute atomic E-state index is 0.00735. The largest absolute Gasteiger partial charge is 0.481 e. The predicted molar refractivity (Wildman–Crippen MR) is 401 cm³/mol. The van der Waals surface area contributed by atoms with Crippen molar-refractivity contribution in [2.75, 3.05) is 32.8 Å². The average molecular weight is 1600 g/mol. The fourth-order valence-corrected chi connectivity index (χ4v) is 14.1. The summed E-state index contributed by atoms with van der Waals surface area (Å²) >= 11 is 0. The lowest BCUT2D eigenvalue weighted by molar-refractivity contribution is -0.149. The van der Waals surface area contributed by atoms with Crippen molar-refractivity contribution in [3.63, 3.8) is 0 Å². The maximum absolute atomic E-state index is 14.9. The summed E-state index contributed by atoms with van der Waals surface area (Å²) in [5.41, 5.74) is 16.8. The Morgan fingerprint density at radius 3 is 1.26 bits per heavy atom. The minimum Gasteiger partial charge on any atom is -0.481 e. The zero-order chi connectivity index (χ0) is 85.3. The van der Waals surface area contributed by atoms with Crippen LogP contribution in [0.5, 0.6) is 0 Å². The standard InChI is InChI=1S/C73H121N17O23/c1-13-38(10)56(84-63(102)45(32-52(76)95)79-60(99)42(22-24-51(75)94)77-64(103)47-18-14-26-87(47)69(108)46(31-35(4)5)81-59(98)41(74)33-91)71(110)90-29-17-21-50(90)70(109)88-27-15-19-48(88)65(104)80-44(30-34(2)3)62(101)85-57(39(11)92)68(107)78-43(23-25-53(96)97)61(100)86-58(40(12)93)72(111)89-28-16-20-49(89)66(105)82-54(36(6)7)67(106)83-55(37(8)9)73(112)113/h34-50,54-58,91-93H,13-33,74H2,1-12H3,(H2,75,94)(H2,76,95)(H,77,103)(H,78,107)(H,79,99)(H,80,104)(H,81,98)(H,82,105)(H,83,106)(H,84,102)(H,85,101)(H,86,100)(H,96,97)(H,112,113)/t38-,39+,40+,41-,42-,43-,44-,45-,46-,47-,48-,49-,50-,54-,55-,56-,57-,58-/m0/s1. The second-order valence-electron chi connectivity index (χ2n) is 31.3. The van der Waals surface area contributed by atoms with Gasteiger partial charge in [0, 0.05) is 39.0 Å². The van der Waals surface area contributed by atoms with Crippen LogP contribution in [0.15, 0.2) is 0 Å². The van der Waals surface area contributed by atoms with Gasteiger partial charge in [0.15, 0.2) is 0 Å². The molecule has 0 aromatic heterocycles. The van der Waals surface area contributed by atoms with Crippen molar-refractivity contribution in [2.24, 2.45) is 46.8 Å². The lowest BCUT2D eigenvalue weighted by Gasteiger charge is -2.35. The monoisotopic (exact) mass is 1600 g/mol. The number of carboxylic acids is 2. The van der Waals surface area contributed by atoms with E-state index in [1.807, 2.05) is 0 Å². The van der Waals surface area contributed by atoms with Gasteiger partial charge in [-0.15, -0.1) is 0 Å². The number of aliphatic hydroxyl groups is 3. The zero-order valence-corrected chi connectivity index (χ0v) is 66.7. The van der Waals surface area contributed by atoms with E-state index in [0.29, 0.717) is 6.42 Å². The lowest BCUT2D eigenvalue weighted by atomic mass is 9.96. The number of hydrogen-bond donors (Lipinski definition) is 18. The van der Waals surface area contributed by atoms with E-state index in [2.05, 4.69) is 53.2 Å². The summed E-state index contributed by atoms with van der Waals surface area (Å²) in [7, 11) is 0. The molecular formula is C73H121N17O23. The van der Waals surface area contributed by atoms with Crippen LogP contribution in [0.25, 0.3) is 0 Å². The highest BCUT2D eigenvalue weighted by Gasteiger charge is 2.48. The van der Waals surface area contributed by atoms with Gasteiger partial charge in [-0.3, -0.25) is 81.5 Å². The molecule has 40 heteroatoms. The van der Waals surface area contributed by atoms with Crippen LogP contribution < -0.4 is 70.4 Å². The number of nitrogens with one attached hydrogen (secondary N) is 10. The van der Waals surface area contributed by atoms with E-state index in [9.17, 15) is 112 Å². The number of primary amides is 2. The van der Waals surface area contributed by atoms with Crippen LogP contribution in [0.1, 0.15) is 186 Å². The van der Waals surface area contributed by atoms with Crippen molar-refractivity contribution >= 4 is 106 Å². The maximum Gasteiger partial charge on any atom is 0.326 e. The average Bonchev–Trinajstić information content (AvgIpc) is 1.67. The van der Waals surface area contributed by atoms with Crippen LogP contribution in [0.4, 0.5) is 0 Å². The molecule has 21 N–H and O–H groups in total. The van der Waals surface area contributed by atoms with E-state index in [1.54, 1.807) is 69.2 Å². The molecule has 40 nitrogen and oxygen atoms in total. The first-order chi connectivity index (χ1) is 52.9. The molecule has 0 aromatic carbocycles. The topological polar surface area (TPSA) is 620 Å². The van der Waals surface area contributed by atoms with Gasteiger partial charge in [0.05, 0.1) is 25.2 Å². The maximum atomic E-state index is 14.9. The Morgan fingerprint density at radius 1 is 0.398 bits per heavy atom. The summed E-state index contributed by atoms with van der Waals surface area (Å²) < 4.78 is 0. The van der Waals surface area contributed by atoms with Crippen molar-refractivity contribution in [3.05, 3.63) is 0 Å². The molecule has 0 bridgehead atoms. The summed E-state index contributed by atoms with van der Waals surface area (Å²) in [4.78, 5) is 252. The van der Waals surface area contributed by atoms with Crippen LogP contribution in [-0.4, -0.2) is 287 Å². The molecule has 113 heavy (non-hydrogen) atoms. The highest BCUT2D eigenvalue weighted by molar-refractivity contribution is 6.02. The highest BCUT2D eigenvalue weighted by Crippen LogP contribution is 2.29. The molecule has 4 heterocycles. The van der Waals surface area contributed by atoms with Crippen molar-refractivity contribution in [1.29, 1.82) is 0 Å². The smallest absolute Gasteiger partial charge is 0.326 e. The van der Waals surface area contributed by atoms with Gasteiger partial charge >= 0.3 is 11.9 Å². The van der Waals surface area contributed by atoms with E-state index in [4.69, 9.17) is 17.2 Å². The van der Waals surface area contributed by atoms with E-state index in [0.717, 1.165) is 18.7 Å². The van der Waals surface area contributed by atoms with Gasteiger partial charge in [0.2, 0.25) is 94.5 Å². The van der Waals surface area contributed by atoms with Crippen LogP contribution in [0.3, 0.4) is 0 Å². The van der Waals surface area contributed by atoms with E-state index in [-0.39, 0.29) is 102 Å². The number of nitrogens with zero attached hydrogens (tertiary/aromatic N) is 4. The van der Waals surface area contributed by atoms with Gasteiger partial charge in [-0.2, -0.15) is 0 Å². The first-order valence-corrected chi connectivity index (χ1v) is 38.9. The third-order valence-electron chi connectivity index (χ3n) is 20.5. The quantitative estimate of drug-likeness (QED) is 0.0270. The molecule has 4 aliphatic heterocycles. The lowest BCUT2D eigenvalue weighted by Crippen LogP contribution is -2.63. The minimum atomic E-state index is -1.92. The van der Waals surface area contributed by atoms with Gasteiger partial charge in [0.1, 0.15) is 90.6 Å². The van der Waals surface area contributed by atoms with Gasteiger partial charge in [-0.05, 0) is 120 Å². The number of carbonyl (C=O) groups is 18. The second-order valence-corrected chi connectivity index (χ2v) is 31.3. The number of aliphatic hydroxyl groups excluding tert-OH is 3. The number of aliphatic carboxylic acids is 2. The fourth-order valence-electron chi connectivity index (χ4n) is 14.1. The summed E-state index contributed by atoms with van der Waals surface area (Å²) in [6.07, 6.45) is -4.85. The van der Waals surface area contributed by atoms with E-state index >= 15 is 0 Å². The number of rotatable bonds is 44. The third kappa shape index (κ3) is 27.8. The Balaban J connectivity index is 1.51. The van der Waals surface area contributed by atoms with Crippen LogP contribution in [-0.2, 0) is 86.3 Å². The van der Waals surface area contributed by atoms with Crippen molar-refractivity contribution in [3.8, 4) is 0 Å². The second kappa shape index (κ2) is 44.7. The Bertz CT molecular complexity index is 3430. The Labute approximate surface area is 656 Å². The van der Waals surface area contributed by atoms with Crippen LogP contribution in [0.2, 0.25) is 0 Å². The molecule has 16 amide bonds. The first kappa shape index (κ1) is 95.7. The summed E-state index contributed by atoms with van der Waals surface area (Å²) in [6, 6.07) is -21.9. The number of amides is 16. The molecule has 0 aromatic rings. The fraction of sp³-hybridized carbons (Fsp3) is 0.753. The summed E-state index contributed by atoms with van der Waals surface area (Å²) in [5.74, 6) is -19.8. The van der Waals surface area contributed by atoms with Gasteiger partial charge in [-0.1, -0.05) is 75.7 Å². The summed E-state index contributed by atoms with van der Waals surface area (Å²) in [5, 5.41) is 75.7. The van der Waals surface area contributed by atoms with E-state index in [1.165, 1.54) is 14.7 Å². The van der Waals surface area contributed by atoms with Crippen molar-refractivity contribution < 1.29 is 112 Å². The molecule has 4 aliphatic rings. The molecule has 0 unspecified atom stereocenters. The molecular weight excluding hydrogens is 1480 g/mol. The molecule has 4 fully saturated rings. The molecule has 0 radical (unpaired) electrons. The zero-order valence-electron chi connectivity index (χ0n) is 66.7. The van der Waals surface area contributed by atoms with Crippen molar-refractivity contribution in [2.45, 2.75) is 289 Å². The number of nitrogens with two attached hydrogens (primary N) is 3. The molecule has 4 saturated heterocycles. The van der Waals surface area contributed by atoms with Crippen molar-refractivity contribution in [1.82, 2.24) is 72.8 Å². The van der Waals surface area contributed by atoms with Gasteiger partial charge in [-0.25, -0.2) is 4.79 Å². The molecule has 18 atom stereocenters. The van der Waals surface area contributed by atoms with Crippen LogP contribution in [0, 0.1) is 29.6 Å². The molecule has 0 aliphatic carbocycles. The predicted octanol–water partition coefficient (Wildman–Crippen LogP) is -5.58. The number of carboxylic acid groups (broad SMARTS) is 2. The molecule has 4 rings (SSSR count). The number of hydrogen-bond acceptors (Lipinski definition) is 22. The number of likely N-dealkylation sites (tertiary alicyclic amines) is 4. The highest BCUT2D eigenvalue weighted by atomic mass is 16.4. The third-order valence-corrected chi connectivity index (χ3v) is 20.5. The number of carbonyl (C=O) groups excluding carboxylic acids is 16. The first-order valence-electron chi connectivity index (χ1n) is 38.9. The Hall–Kier alpha value is -9.70.